The highest BCUT2D eigenvalue weighted by molar-refractivity contribution is 6.13. The number of aromatic nitrogens is 2. The van der Waals surface area contributed by atoms with Crippen LogP contribution in [0.5, 0.6) is 0 Å². The van der Waals surface area contributed by atoms with Crippen molar-refractivity contribution in [1.82, 2.24) is 9.97 Å². The summed E-state index contributed by atoms with van der Waals surface area (Å²) in [5.74, 6) is -1.17. The van der Waals surface area contributed by atoms with Gasteiger partial charge in [-0.15, -0.1) is 0 Å². The van der Waals surface area contributed by atoms with Gasteiger partial charge in [0.2, 0.25) is 5.43 Å². The zero-order chi connectivity index (χ0) is 19.7. The number of pyridine rings is 1. The van der Waals surface area contributed by atoms with E-state index in [0.29, 0.717) is 16.4 Å². The molecule has 0 aliphatic carbocycles. The van der Waals surface area contributed by atoms with Gasteiger partial charge in [-0.05, 0) is 31.2 Å². The van der Waals surface area contributed by atoms with Crippen molar-refractivity contribution >= 4 is 39.4 Å². The topological polar surface area (TPSA) is 104 Å². The molecule has 0 fully saturated rings. The Morgan fingerprint density at radius 1 is 1.07 bits per heavy atom. The number of nitrogens with one attached hydrogen (secondary N) is 3. The number of benzene rings is 2. The van der Waals surface area contributed by atoms with Crippen LogP contribution < -0.4 is 10.7 Å². The van der Waals surface area contributed by atoms with Gasteiger partial charge in [-0.25, -0.2) is 4.79 Å². The summed E-state index contributed by atoms with van der Waals surface area (Å²) in [5, 5.41) is 3.90. The summed E-state index contributed by atoms with van der Waals surface area (Å²) in [6.07, 6.45) is 3.07. The normalized spacial score (nSPS) is 10.9. The van der Waals surface area contributed by atoms with Crippen molar-refractivity contribution in [1.29, 1.82) is 0 Å². The Bertz CT molecular complexity index is 1270. The van der Waals surface area contributed by atoms with E-state index in [9.17, 15) is 14.4 Å². The molecule has 7 nitrogen and oxygen atoms in total. The van der Waals surface area contributed by atoms with Crippen molar-refractivity contribution in [3.05, 3.63) is 76.2 Å². The van der Waals surface area contributed by atoms with E-state index in [4.69, 9.17) is 4.74 Å². The minimum Gasteiger partial charge on any atom is -0.462 e. The predicted molar refractivity (Wildman–Crippen MR) is 107 cm³/mol. The molecule has 0 unspecified atom stereocenters. The van der Waals surface area contributed by atoms with E-state index >= 15 is 0 Å². The van der Waals surface area contributed by atoms with E-state index < -0.39 is 11.9 Å². The predicted octanol–water partition coefficient (Wildman–Crippen LogP) is 3.44. The molecule has 0 radical (unpaired) electrons. The summed E-state index contributed by atoms with van der Waals surface area (Å²) in [4.78, 5) is 43.9. The molecular formula is C21H17N3O4. The van der Waals surface area contributed by atoms with Crippen molar-refractivity contribution < 1.29 is 14.3 Å². The maximum Gasteiger partial charge on any atom is 0.342 e. The SMILES string of the molecule is CCOC(=O)c1c(NC(=O)c2c[nH]c3ccccc3c2=O)ccc2cc[nH]c12. The molecule has 4 rings (SSSR count). The second-order valence-electron chi connectivity index (χ2n) is 6.18. The summed E-state index contributed by atoms with van der Waals surface area (Å²) < 4.78 is 5.14. The number of hydrogen-bond acceptors (Lipinski definition) is 4. The lowest BCUT2D eigenvalue weighted by atomic mass is 10.1. The highest BCUT2D eigenvalue weighted by Gasteiger charge is 2.21. The minimum absolute atomic E-state index is 0.0416. The van der Waals surface area contributed by atoms with Crippen molar-refractivity contribution in [2.24, 2.45) is 0 Å². The Labute approximate surface area is 159 Å². The summed E-state index contributed by atoms with van der Waals surface area (Å²) in [7, 11) is 0. The van der Waals surface area contributed by atoms with E-state index in [1.54, 1.807) is 49.5 Å². The molecule has 7 heteroatoms. The van der Waals surface area contributed by atoms with Gasteiger partial charge in [0.25, 0.3) is 5.91 Å². The number of fused-ring (bicyclic) bond motifs is 2. The molecule has 2 heterocycles. The van der Waals surface area contributed by atoms with Crippen molar-refractivity contribution in [2.75, 3.05) is 11.9 Å². The first-order chi connectivity index (χ1) is 13.6. The van der Waals surface area contributed by atoms with Crippen LogP contribution in [-0.4, -0.2) is 28.5 Å². The molecule has 0 saturated heterocycles. The fourth-order valence-corrected chi connectivity index (χ4v) is 3.17. The van der Waals surface area contributed by atoms with Crippen LogP contribution in [-0.2, 0) is 4.74 Å². The largest absolute Gasteiger partial charge is 0.462 e. The number of amides is 1. The lowest BCUT2D eigenvalue weighted by Crippen LogP contribution is -2.23. The number of carbonyl (C=O) groups is 2. The Hall–Kier alpha value is -3.87. The molecule has 2 aromatic carbocycles. The van der Waals surface area contributed by atoms with Crippen LogP contribution in [0.1, 0.15) is 27.6 Å². The average Bonchev–Trinajstić information content (AvgIpc) is 3.17. The molecule has 28 heavy (non-hydrogen) atoms. The summed E-state index contributed by atoms with van der Waals surface area (Å²) in [5.41, 5.74) is 1.26. The monoisotopic (exact) mass is 375 g/mol. The quantitative estimate of drug-likeness (QED) is 0.475. The fraction of sp³-hybridized carbons (Fsp3) is 0.0952. The van der Waals surface area contributed by atoms with Crippen molar-refractivity contribution in [3.63, 3.8) is 0 Å². The summed E-state index contributed by atoms with van der Waals surface area (Å²) in [6.45, 7) is 1.91. The number of anilines is 1. The molecular weight excluding hydrogens is 358 g/mol. The minimum atomic E-state index is -0.608. The first-order valence-corrected chi connectivity index (χ1v) is 8.79. The first kappa shape index (κ1) is 17.5. The molecule has 4 aromatic rings. The molecule has 2 aromatic heterocycles. The molecule has 0 spiro atoms. The van der Waals surface area contributed by atoms with Gasteiger partial charge in [0.05, 0.1) is 17.8 Å². The number of para-hydroxylation sites is 1. The van der Waals surface area contributed by atoms with Gasteiger partial charge in [-0.1, -0.05) is 18.2 Å². The molecule has 0 aliphatic heterocycles. The van der Waals surface area contributed by atoms with Crippen molar-refractivity contribution in [2.45, 2.75) is 6.92 Å². The van der Waals surface area contributed by atoms with E-state index in [1.165, 1.54) is 6.20 Å². The van der Waals surface area contributed by atoms with Gasteiger partial charge in [0.15, 0.2) is 0 Å². The standard InChI is InChI=1S/C21H17N3O4/c1-2-28-21(27)17-16(8-7-12-9-10-22-18(12)17)24-20(26)14-11-23-15-6-4-3-5-13(15)19(14)25/h3-11,22H,2H2,1H3,(H,23,25)(H,24,26). The van der Waals surface area contributed by atoms with Gasteiger partial charge in [0.1, 0.15) is 11.1 Å². The third-order valence-corrected chi connectivity index (χ3v) is 4.49. The smallest absolute Gasteiger partial charge is 0.342 e. The van der Waals surface area contributed by atoms with Gasteiger partial charge >= 0.3 is 5.97 Å². The zero-order valence-electron chi connectivity index (χ0n) is 15.0. The highest BCUT2D eigenvalue weighted by atomic mass is 16.5. The number of esters is 1. The first-order valence-electron chi connectivity index (χ1n) is 8.79. The third-order valence-electron chi connectivity index (χ3n) is 4.49. The van der Waals surface area contributed by atoms with Crippen molar-refractivity contribution in [3.8, 4) is 0 Å². The molecule has 1 amide bonds. The van der Waals surface area contributed by atoms with Gasteiger partial charge in [0, 0.05) is 28.7 Å². The second-order valence-corrected chi connectivity index (χ2v) is 6.18. The zero-order valence-corrected chi connectivity index (χ0v) is 15.0. The lowest BCUT2D eigenvalue weighted by molar-refractivity contribution is 0.0529. The maximum atomic E-state index is 12.8. The Kier molecular flexibility index (Phi) is 4.41. The number of rotatable bonds is 4. The number of aromatic amines is 2. The fourth-order valence-electron chi connectivity index (χ4n) is 3.17. The molecule has 0 saturated carbocycles. The summed E-state index contributed by atoms with van der Waals surface area (Å²) in [6, 6.07) is 12.2. The Morgan fingerprint density at radius 3 is 2.71 bits per heavy atom. The molecule has 0 aliphatic rings. The summed E-state index contributed by atoms with van der Waals surface area (Å²) >= 11 is 0. The Balaban J connectivity index is 1.77. The average molecular weight is 375 g/mol. The second kappa shape index (κ2) is 7.03. The van der Waals surface area contributed by atoms with E-state index in [-0.39, 0.29) is 28.8 Å². The van der Waals surface area contributed by atoms with Gasteiger partial charge in [-0.3, -0.25) is 9.59 Å². The number of H-pyrrole nitrogens is 2. The van der Waals surface area contributed by atoms with Gasteiger partial charge in [-0.2, -0.15) is 0 Å². The van der Waals surface area contributed by atoms with Crippen LogP contribution in [0.2, 0.25) is 0 Å². The number of carbonyl (C=O) groups excluding carboxylic acids is 2. The van der Waals surface area contributed by atoms with Crippen LogP contribution >= 0.6 is 0 Å². The third kappa shape index (κ3) is 2.92. The Morgan fingerprint density at radius 2 is 1.89 bits per heavy atom. The molecule has 3 N–H and O–H groups in total. The van der Waals surface area contributed by atoms with Gasteiger partial charge < -0.3 is 20.0 Å². The van der Waals surface area contributed by atoms with E-state index in [0.717, 1.165) is 5.39 Å². The van der Waals surface area contributed by atoms with E-state index in [1.807, 2.05) is 6.07 Å². The van der Waals surface area contributed by atoms with Crippen LogP contribution in [0.25, 0.3) is 21.8 Å². The highest BCUT2D eigenvalue weighted by Crippen LogP contribution is 2.26. The molecule has 0 atom stereocenters. The number of ether oxygens (including phenoxy) is 1. The van der Waals surface area contributed by atoms with Crippen LogP contribution in [0.4, 0.5) is 5.69 Å². The van der Waals surface area contributed by atoms with E-state index in [2.05, 4.69) is 15.3 Å². The van der Waals surface area contributed by atoms with Crippen LogP contribution in [0.3, 0.4) is 0 Å². The maximum absolute atomic E-state index is 12.8. The number of hydrogen-bond donors (Lipinski definition) is 3. The van der Waals surface area contributed by atoms with Crippen LogP contribution in [0.15, 0.2) is 59.7 Å². The van der Waals surface area contributed by atoms with Crippen LogP contribution in [0, 0.1) is 0 Å². The lowest BCUT2D eigenvalue weighted by Gasteiger charge is -2.12. The molecule has 140 valence electrons. The molecule has 0 bridgehead atoms.